The number of carbonyl (C=O) groups excluding carboxylic acids is 2. The van der Waals surface area contributed by atoms with Crippen LogP contribution in [0.15, 0.2) is 66.2 Å². The van der Waals surface area contributed by atoms with Crippen LogP contribution in [0.5, 0.6) is 5.75 Å². The summed E-state index contributed by atoms with van der Waals surface area (Å²) in [7, 11) is 1.48. The van der Waals surface area contributed by atoms with Crippen molar-refractivity contribution in [3.8, 4) is 5.75 Å². The minimum Gasteiger partial charge on any atom is -0.507 e. The first-order valence-electron chi connectivity index (χ1n) is 10.2. The average Bonchev–Trinajstić information content (AvgIpc) is 3.07. The van der Waals surface area contributed by atoms with Crippen LogP contribution in [0.3, 0.4) is 0 Å². The smallest absolute Gasteiger partial charge is 0.300 e. The normalized spacial score (nSPS) is 17.5. The number of para-hydroxylation sites is 1. The third-order valence-corrected chi connectivity index (χ3v) is 6.13. The molecule has 1 atom stereocenters. The van der Waals surface area contributed by atoms with Crippen molar-refractivity contribution in [3.05, 3.63) is 99.3 Å². The van der Waals surface area contributed by atoms with E-state index < -0.39 is 23.5 Å². The first kappa shape index (κ1) is 22.6. The highest BCUT2D eigenvalue weighted by Crippen LogP contribution is 2.45. The Hall–Kier alpha value is -3.64. The second kappa shape index (κ2) is 8.71. The van der Waals surface area contributed by atoms with Gasteiger partial charge in [-0.15, -0.1) is 0 Å². The van der Waals surface area contributed by atoms with Crippen molar-refractivity contribution in [1.82, 2.24) is 0 Å². The van der Waals surface area contributed by atoms with Gasteiger partial charge < -0.3 is 9.84 Å². The molecule has 1 aliphatic heterocycles. The Labute approximate surface area is 195 Å². The van der Waals surface area contributed by atoms with E-state index in [4.69, 9.17) is 16.3 Å². The summed E-state index contributed by atoms with van der Waals surface area (Å²) in [6.45, 7) is 3.83. The Kier molecular flexibility index (Phi) is 5.95. The molecule has 3 aromatic carbocycles. The van der Waals surface area contributed by atoms with Gasteiger partial charge in [-0.25, -0.2) is 4.39 Å². The number of aliphatic hydroxyl groups excluding tert-OH is 1. The maximum absolute atomic E-state index is 13.8. The number of aliphatic hydroxyl groups is 1. The molecule has 1 aliphatic rings. The molecule has 0 aliphatic carbocycles. The van der Waals surface area contributed by atoms with Crippen molar-refractivity contribution in [2.45, 2.75) is 19.9 Å². The lowest BCUT2D eigenvalue weighted by Gasteiger charge is -2.26. The number of ether oxygens (including phenoxy) is 1. The number of ketones is 1. The number of aryl methyl sites for hydroxylation is 2. The predicted molar refractivity (Wildman–Crippen MR) is 125 cm³/mol. The maximum atomic E-state index is 13.8. The summed E-state index contributed by atoms with van der Waals surface area (Å²) < 4.78 is 19.3. The molecule has 0 saturated carbocycles. The molecule has 1 heterocycles. The van der Waals surface area contributed by atoms with Gasteiger partial charge in [0.1, 0.15) is 17.3 Å². The molecule has 7 heteroatoms. The number of nitrogens with zero attached hydrogens (tertiary/aromatic N) is 1. The molecule has 1 N–H and O–H groups in total. The van der Waals surface area contributed by atoms with E-state index in [9.17, 15) is 19.1 Å². The first-order chi connectivity index (χ1) is 15.7. The molecule has 0 spiro atoms. The number of halogens is 2. The summed E-state index contributed by atoms with van der Waals surface area (Å²) in [5, 5.41) is 11.0. The van der Waals surface area contributed by atoms with Crippen molar-refractivity contribution in [2.24, 2.45) is 0 Å². The Morgan fingerprint density at radius 3 is 2.42 bits per heavy atom. The summed E-state index contributed by atoms with van der Waals surface area (Å²) in [6, 6.07) is 14.9. The summed E-state index contributed by atoms with van der Waals surface area (Å²) in [6.07, 6.45) is 0. The van der Waals surface area contributed by atoms with Gasteiger partial charge in [0.2, 0.25) is 0 Å². The summed E-state index contributed by atoms with van der Waals surface area (Å²) >= 11 is 5.97. The van der Waals surface area contributed by atoms with E-state index >= 15 is 0 Å². The van der Waals surface area contributed by atoms with Crippen molar-refractivity contribution < 1.29 is 23.8 Å². The van der Waals surface area contributed by atoms with Crippen molar-refractivity contribution in [2.75, 3.05) is 12.0 Å². The van der Waals surface area contributed by atoms with Gasteiger partial charge >= 0.3 is 0 Å². The van der Waals surface area contributed by atoms with Gasteiger partial charge in [0, 0.05) is 16.8 Å². The molecule has 3 aromatic rings. The van der Waals surface area contributed by atoms with E-state index in [2.05, 4.69) is 0 Å². The highest BCUT2D eigenvalue weighted by atomic mass is 35.5. The van der Waals surface area contributed by atoms with Crippen molar-refractivity contribution in [1.29, 1.82) is 0 Å². The van der Waals surface area contributed by atoms with E-state index in [0.29, 0.717) is 16.9 Å². The minimum absolute atomic E-state index is 0.0896. The molecule has 1 unspecified atom stereocenters. The van der Waals surface area contributed by atoms with E-state index in [1.54, 1.807) is 36.4 Å². The average molecular weight is 466 g/mol. The molecule has 0 aromatic heterocycles. The fourth-order valence-corrected chi connectivity index (χ4v) is 4.14. The van der Waals surface area contributed by atoms with Gasteiger partial charge in [0.25, 0.3) is 11.7 Å². The molecule has 1 saturated heterocycles. The molecule has 1 amide bonds. The summed E-state index contributed by atoms with van der Waals surface area (Å²) in [5.41, 5.74) is 2.98. The molecule has 4 rings (SSSR count). The standard InChI is InChI=1S/C26H21ClFNO4/c1-14-8-9-16(12-15(14)2)24(30)22-23(18-6-4-5-7-21(18)33-3)29(26(32)25(22)31)17-10-11-20(28)19(27)13-17/h4-13,23,30H,1-3H3/b24-22+. The van der Waals surface area contributed by atoms with Crippen molar-refractivity contribution in [3.63, 3.8) is 0 Å². The molecular formula is C26H21ClFNO4. The zero-order chi connectivity index (χ0) is 23.9. The highest BCUT2D eigenvalue weighted by Gasteiger charge is 2.48. The number of hydrogen-bond donors (Lipinski definition) is 1. The van der Waals surface area contributed by atoms with Crippen LogP contribution in [-0.4, -0.2) is 23.9 Å². The lowest BCUT2D eigenvalue weighted by molar-refractivity contribution is -0.132. The van der Waals surface area contributed by atoms with Gasteiger partial charge in [-0.1, -0.05) is 41.9 Å². The molecular weight excluding hydrogens is 445 g/mol. The lowest BCUT2D eigenvalue weighted by Crippen LogP contribution is -2.29. The van der Waals surface area contributed by atoms with Crippen LogP contribution < -0.4 is 9.64 Å². The van der Waals surface area contributed by atoms with Crippen LogP contribution >= 0.6 is 11.6 Å². The van der Waals surface area contributed by atoms with Crippen molar-refractivity contribution >= 4 is 34.7 Å². The number of carbonyl (C=O) groups is 2. The topological polar surface area (TPSA) is 66.8 Å². The number of methoxy groups -OCH3 is 1. The number of hydrogen-bond acceptors (Lipinski definition) is 4. The third-order valence-electron chi connectivity index (χ3n) is 5.84. The van der Waals surface area contributed by atoms with Gasteiger partial charge in [-0.3, -0.25) is 14.5 Å². The number of anilines is 1. The second-order valence-electron chi connectivity index (χ2n) is 7.81. The van der Waals surface area contributed by atoms with Crippen LogP contribution in [0.2, 0.25) is 5.02 Å². The Morgan fingerprint density at radius 1 is 1.03 bits per heavy atom. The van der Waals surface area contributed by atoms with Crippen LogP contribution in [0.4, 0.5) is 10.1 Å². The van der Waals surface area contributed by atoms with Gasteiger partial charge in [0.05, 0.1) is 23.7 Å². The lowest BCUT2D eigenvalue weighted by atomic mass is 9.93. The molecule has 0 bridgehead atoms. The second-order valence-corrected chi connectivity index (χ2v) is 8.22. The number of amides is 1. The fourth-order valence-electron chi connectivity index (χ4n) is 3.96. The van der Waals surface area contributed by atoms with Gasteiger partial charge in [-0.2, -0.15) is 0 Å². The Morgan fingerprint density at radius 2 is 1.76 bits per heavy atom. The first-order valence-corrected chi connectivity index (χ1v) is 10.6. The van der Waals surface area contributed by atoms with Crippen LogP contribution in [0, 0.1) is 19.7 Å². The minimum atomic E-state index is -1.01. The molecule has 5 nitrogen and oxygen atoms in total. The van der Waals surface area contributed by atoms with E-state index in [1.165, 1.54) is 24.1 Å². The number of Topliss-reactive ketones (excluding diaryl/α,β-unsaturated/α-hetero) is 1. The quantitative estimate of drug-likeness (QED) is 0.303. The predicted octanol–water partition coefficient (Wildman–Crippen LogP) is 5.73. The molecule has 0 radical (unpaired) electrons. The molecule has 168 valence electrons. The number of benzene rings is 3. The van der Waals surface area contributed by atoms with Crippen LogP contribution in [0.1, 0.15) is 28.3 Å². The monoisotopic (exact) mass is 465 g/mol. The zero-order valence-corrected chi connectivity index (χ0v) is 19.0. The van der Waals surface area contributed by atoms with Crippen LogP contribution in [0.25, 0.3) is 5.76 Å². The van der Waals surface area contributed by atoms with Gasteiger partial charge in [0.15, 0.2) is 0 Å². The molecule has 33 heavy (non-hydrogen) atoms. The summed E-state index contributed by atoms with van der Waals surface area (Å²) in [5.74, 6) is -2.25. The van der Waals surface area contributed by atoms with Crippen LogP contribution in [-0.2, 0) is 9.59 Å². The van der Waals surface area contributed by atoms with E-state index in [1.807, 2.05) is 19.9 Å². The Balaban J connectivity index is 2.00. The SMILES string of the molecule is COc1ccccc1C1/C(=C(\O)c2ccc(C)c(C)c2)C(=O)C(=O)N1c1ccc(F)c(Cl)c1. The largest absolute Gasteiger partial charge is 0.507 e. The third kappa shape index (κ3) is 3.87. The highest BCUT2D eigenvalue weighted by molar-refractivity contribution is 6.52. The zero-order valence-electron chi connectivity index (χ0n) is 18.2. The Bertz CT molecular complexity index is 1320. The maximum Gasteiger partial charge on any atom is 0.300 e. The van der Waals surface area contributed by atoms with Gasteiger partial charge in [-0.05, 0) is 55.3 Å². The number of rotatable bonds is 4. The fraction of sp³-hybridized carbons (Fsp3) is 0.154. The van der Waals surface area contributed by atoms with E-state index in [-0.39, 0.29) is 22.0 Å². The summed E-state index contributed by atoms with van der Waals surface area (Å²) in [4.78, 5) is 27.6. The van der Waals surface area contributed by atoms with E-state index in [0.717, 1.165) is 17.2 Å². The molecule has 1 fully saturated rings.